The van der Waals surface area contributed by atoms with Crippen LogP contribution in [0, 0.1) is 0 Å². The second kappa shape index (κ2) is 3.51. The number of rotatable bonds is 1. The van der Waals surface area contributed by atoms with Crippen molar-refractivity contribution in [3.05, 3.63) is 12.8 Å². The molecule has 0 atom stereocenters. The van der Waals surface area contributed by atoms with E-state index >= 15 is 0 Å². The zero-order valence-electron chi connectivity index (χ0n) is 5.77. The molecule has 1 aliphatic rings. The molecule has 0 amide bonds. The number of hydrogen-bond acceptors (Lipinski definition) is 2. The average molecular weight is 126 g/mol. The summed E-state index contributed by atoms with van der Waals surface area (Å²) in [5.41, 5.74) is 0. The van der Waals surface area contributed by atoms with Crippen molar-refractivity contribution in [2.75, 3.05) is 26.2 Å². The van der Waals surface area contributed by atoms with Crippen LogP contribution in [0.1, 0.15) is 6.42 Å². The third kappa shape index (κ3) is 2.06. The van der Waals surface area contributed by atoms with Crippen molar-refractivity contribution in [1.82, 2.24) is 10.2 Å². The summed E-state index contributed by atoms with van der Waals surface area (Å²) in [4.78, 5) is 2.25. The van der Waals surface area contributed by atoms with Crippen molar-refractivity contribution in [3.8, 4) is 0 Å². The molecule has 1 saturated heterocycles. The molecule has 52 valence electrons. The summed E-state index contributed by atoms with van der Waals surface area (Å²) >= 11 is 0. The molecule has 2 nitrogen and oxygen atoms in total. The van der Waals surface area contributed by atoms with Crippen LogP contribution >= 0.6 is 0 Å². The first-order valence-corrected chi connectivity index (χ1v) is 3.51. The van der Waals surface area contributed by atoms with Crippen molar-refractivity contribution in [1.29, 1.82) is 0 Å². The van der Waals surface area contributed by atoms with Gasteiger partial charge in [0.2, 0.25) is 0 Å². The molecule has 0 aromatic carbocycles. The largest absolute Gasteiger partial charge is 0.377 e. The Morgan fingerprint density at radius 2 is 2.22 bits per heavy atom. The Kier molecular flexibility index (Phi) is 2.58. The summed E-state index contributed by atoms with van der Waals surface area (Å²) in [6, 6.07) is 0. The standard InChI is InChI=1S/C7H14N2/c1-2-9-6-3-4-8-5-7-9/h2,8H,1,3-7H2. The van der Waals surface area contributed by atoms with Crippen LogP contribution in [0.15, 0.2) is 12.8 Å². The van der Waals surface area contributed by atoms with Gasteiger partial charge in [0.1, 0.15) is 0 Å². The van der Waals surface area contributed by atoms with Gasteiger partial charge in [0.05, 0.1) is 0 Å². The zero-order valence-corrected chi connectivity index (χ0v) is 5.77. The second-order valence-electron chi connectivity index (χ2n) is 2.32. The summed E-state index contributed by atoms with van der Waals surface area (Å²) < 4.78 is 0. The highest BCUT2D eigenvalue weighted by molar-refractivity contribution is 4.74. The maximum atomic E-state index is 3.72. The van der Waals surface area contributed by atoms with Gasteiger partial charge < -0.3 is 10.2 Å². The van der Waals surface area contributed by atoms with Gasteiger partial charge in [-0.05, 0) is 19.2 Å². The van der Waals surface area contributed by atoms with E-state index in [0.29, 0.717) is 0 Å². The van der Waals surface area contributed by atoms with Gasteiger partial charge in [-0.15, -0.1) is 0 Å². The van der Waals surface area contributed by atoms with Crippen LogP contribution in [0.2, 0.25) is 0 Å². The van der Waals surface area contributed by atoms with Crippen LogP contribution in [0.3, 0.4) is 0 Å². The lowest BCUT2D eigenvalue weighted by Gasteiger charge is -2.14. The second-order valence-corrected chi connectivity index (χ2v) is 2.32. The molecular formula is C7H14N2. The van der Waals surface area contributed by atoms with Crippen molar-refractivity contribution < 1.29 is 0 Å². The smallest absolute Gasteiger partial charge is 0.0297 e. The van der Waals surface area contributed by atoms with Gasteiger partial charge in [0.15, 0.2) is 0 Å². The maximum Gasteiger partial charge on any atom is 0.0297 e. The molecule has 1 N–H and O–H groups in total. The van der Waals surface area contributed by atoms with Gasteiger partial charge >= 0.3 is 0 Å². The summed E-state index contributed by atoms with van der Waals surface area (Å²) in [5, 5.41) is 3.32. The van der Waals surface area contributed by atoms with E-state index < -0.39 is 0 Å². The highest BCUT2D eigenvalue weighted by Crippen LogP contribution is 1.93. The van der Waals surface area contributed by atoms with Gasteiger partial charge in [0.25, 0.3) is 0 Å². The van der Waals surface area contributed by atoms with E-state index in [0.717, 1.165) is 26.2 Å². The van der Waals surface area contributed by atoms with Crippen LogP contribution in [0.4, 0.5) is 0 Å². The van der Waals surface area contributed by atoms with E-state index in [4.69, 9.17) is 0 Å². The Balaban J connectivity index is 2.26. The van der Waals surface area contributed by atoms with Gasteiger partial charge in [-0.3, -0.25) is 0 Å². The SMILES string of the molecule is C=CN1CCCNCC1. The summed E-state index contributed by atoms with van der Waals surface area (Å²) in [7, 11) is 0. The molecule has 1 fully saturated rings. The minimum atomic E-state index is 1.10. The van der Waals surface area contributed by atoms with Crippen LogP contribution in [0.25, 0.3) is 0 Å². The quantitative estimate of drug-likeness (QED) is 0.548. The molecule has 1 rings (SSSR count). The minimum Gasteiger partial charge on any atom is -0.377 e. The molecule has 1 heterocycles. The first-order chi connectivity index (χ1) is 4.43. The third-order valence-electron chi connectivity index (χ3n) is 1.63. The van der Waals surface area contributed by atoms with E-state index in [1.54, 1.807) is 0 Å². The molecule has 9 heavy (non-hydrogen) atoms. The first kappa shape index (κ1) is 6.62. The van der Waals surface area contributed by atoms with Crippen LogP contribution in [-0.4, -0.2) is 31.1 Å². The van der Waals surface area contributed by atoms with Crippen LogP contribution in [0.5, 0.6) is 0 Å². The Hall–Kier alpha value is -0.500. The predicted octanol–water partition coefficient (Wildman–Crippen LogP) is 0.425. The highest BCUT2D eigenvalue weighted by atomic mass is 15.1. The fraction of sp³-hybridized carbons (Fsp3) is 0.714. The molecule has 1 aliphatic heterocycles. The van der Waals surface area contributed by atoms with Crippen molar-refractivity contribution in [3.63, 3.8) is 0 Å². The molecule has 0 aromatic heterocycles. The molecule has 0 saturated carbocycles. The Morgan fingerprint density at radius 3 is 3.00 bits per heavy atom. The number of nitrogens with one attached hydrogen (secondary N) is 1. The number of hydrogen-bond donors (Lipinski definition) is 1. The molecule has 0 aliphatic carbocycles. The summed E-state index contributed by atoms with van der Waals surface area (Å²) in [6.07, 6.45) is 3.17. The highest BCUT2D eigenvalue weighted by Gasteiger charge is 2.01. The average Bonchev–Trinajstić information content (AvgIpc) is 2.13. The lowest BCUT2D eigenvalue weighted by molar-refractivity contribution is 0.403. The van der Waals surface area contributed by atoms with E-state index in [-0.39, 0.29) is 0 Å². The Labute approximate surface area is 56.5 Å². The van der Waals surface area contributed by atoms with Gasteiger partial charge in [-0.1, -0.05) is 6.58 Å². The van der Waals surface area contributed by atoms with Gasteiger partial charge in [0, 0.05) is 19.6 Å². The van der Waals surface area contributed by atoms with Crippen molar-refractivity contribution in [2.24, 2.45) is 0 Å². The van der Waals surface area contributed by atoms with Crippen LogP contribution < -0.4 is 5.32 Å². The summed E-state index contributed by atoms with van der Waals surface area (Å²) in [5.74, 6) is 0. The monoisotopic (exact) mass is 126 g/mol. The first-order valence-electron chi connectivity index (χ1n) is 3.51. The van der Waals surface area contributed by atoms with Gasteiger partial charge in [-0.2, -0.15) is 0 Å². The number of nitrogens with zero attached hydrogens (tertiary/aromatic N) is 1. The minimum absolute atomic E-state index is 1.10. The van der Waals surface area contributed by atoms with E-state index in [1.165, 1.54) is 6.42 Å². The van der Waals surface area contributed by atoms with Crippen molar-refractivity contribution in [2.45, 2.75) is 6.42 Å². The molecule has 0 aromatic rings. The molecule has 0 unspecified atom stereocenters. The Morgan fingerprint density at radius 1 is 1.33 bits per heavy atom. The predicted molar refractivity (Wildman–Crippen MR) is 39.3 cm³/mol. The van der Waals surface area contributed by atoms with E-state index in [2.05, 4.69) is 16.8 Å². The van der Waals surface area contributed by atoms with Gasteiger partial charge in [-0.25, -0.2) is 0 Å². The van der Waals surface area contributed by atoms with Crippen molar-refractivity contribution >= 4 is 0 Å². The third-order valence-corrected chi connectivity index (χ3v) is 1.63. The maximum absolute atomic E-state index is 3.72. The topological polar surface area (TPSA) is 15.3 Å². The lowest BCUT2D eigenvalue weighted by Crippen LogP contribution is -2.22. The Bertz CT molecular complexity index is 82.9. The fourth-order valence-corrected chi connectivity index (χ4v) is 1.05. The molecular weight excluding hydrogens is 112 g/mol. The summed E-state index contributed by atoms with van der Waals surface area (Å²) in [6.45, 7) is 8.26. The fourth-order valence-electron chi connectivity index (χ4n) is 1.05. The van der Waals surface area contributed by atoms with E-state index in [1.807, 2.05) is 6.20 Å². The lowest BCUT2D eigenvalue weighted by atomic mass is 10.4. The molecule has 0 bridgehead atoms. The molecule has 0 spiro atoms. The zero-order chi connectivity index (χ0) is 6.53. The van der Waals surface area contributed by atoms with E-state index in [9.17, 15) is 0 Å². The molecule has 0 radical (unpaired) electrons. The normalized spacial score (nSPS) is 21.1. The van der Waals surface area contributed by atoms with Crippen LogP contribution in [-0.2, 0) is 0 Å². The molecule has 2 heteroatoms.